The summed E-state index contributed by atoms with van der Waals surface area (Å²) < 4.78 is 0. The van der Waals surface area contributed by atoms with E-state index in [1.54, 1.807) is 6.33 Å². The molecule has 3 heterocycles. The second kappa shape index (κ2) is 5.65. The molecule has 0 atom stereocenters. The first-order valence-electron chi connectivity index (χ1n) is 8.13. The van der Waals surface area contributed by atoms with E-state index in [4.69, 9.17) is 0 Å². The Balaban J connectivity index is 1.60. The van der Waals surface area contributed by atoms with Crippen molar-refractivity contribution in [2.75, 3.05) is 29.6 Å². The molecule has 5 nitrogen and oxygen atoms in total. The van der Waals surface area contributed by atoms with Crippen molar-refractivity contribution in [3.63, 3.8) is 0 Å². The summed E-state index contributed by atoms with van der Waals surface area (Å²) in [7, 11) is 0. The minimum atomic E-state index is 0.646. The van der Waals surface area contributed by atoms with Crippen LogP contribution in [0.4, 0.5) is 11.4 Å². The van der Waals surface area contributed by atoms with Gasteiger partial charge in [0.25, 0.3) is 0 Å². The zero-order valence-electron chi connectivity index (χ0n) is 13.0. The molecular weight excluding hydrogens is 274 g/mol. The van der Waals surface area contributed by atoms with Gasteiger partial charge >= 0.3 is 0 Å². The number of fused-ring (bicyclic) bond motifs is 1. The van der Waals surface area contributed by atoms with Crippen molar-refractivity contribution in [2.45, 2.75) is 32.4 Å². The van der Waals surface area contributed by atoms with Crippen LogP contribution >= 0.6 is 0 Å². The predicted molar refractivity (Wildman–Crippen MR) is 89.2 cm³/mol. The summed E-state index contributed by atoms with van der Waals surface area (Å²) in [5.41, 5.74) is 5.02. The van der Waals surface area contributed by atoms with Crippen molar-refractivity contribution in [1.82, 2.24) is 15.3 Å². The van der Waals surface area contributed by atoms with Crippen molar-refractivity contribution < 1.29 is 0 Å². The number of aryl methyl sites for hydroxylation is 1. The Labute approximate surface area is 131 Å². The molecule has 2 aromatic rings. The molecule has 5 heteroatoms. The molecule has 1 saturated heterocycles. The van der Waals surface area contributed by atoms with Gasteiger partial charge in [-0.3, -0.25) is 0 Å². The molecule has 1 fully saturated rings. The lowest BCUT2D eigenvalue weighted by Gasteiger charge is -2.33. The molecule has 2 N–H and O–H groups in total. The minimum absolute atomic E-state index is 0.646. The van der Waals surface area contributed by atoms with Gasteiger partial charge in [-0.1, -0.05) is 12.1 Å². The Hall–Kier alpha value is -2.01. The van der Waals surface area contributed by atoms with Crippen molar-refractivity contribution in [2.24, 2.45) is 0 Å². The number of para-hydroxylation sites is 2. The van der Waals surface area contributed by atoms with Crippen LogP contribution in [0.25, 0.3) is 0 Å². The Morgan fingerprint density at radius 3 is 2.68 bits per heavy atom. The maximum Gasteiger partial charge on any atom is 0.0925 e. The monoisotopic (exact) mass is 297 g/mol. The molecule has 0 amide bonds. The molecule has 0 bridgehead atoms. The standard InChI is InChI=1S/C17H23N5/c1-13-15(20-11-19-13)10-21-12-22(14-6-8-18-9-7-14)17-5-3-2-4-16(17)21/h2-5,11,14,18H,6-10,12H2,1H3,(H,19,20). The number of imidazole rings is 1. The van der Waals surface area contributed by atoms with Crippen LogP contribution in [0.3, 0.4) is 0 Å². The van der Waals surface area contributed by atoms with Gasteiger partial charge in [0, 0.05) is 11.7 Å². The lowest BCUT2D eigenvalue weighted by atomic mass is 10.0. The molecule has 0 radical (unpaired) electrons. The van der Waals surface area contributed by atoms with E-state index in [1.165, 1.54) is 24.2 Å². The molecule has 0 unspecified atom stereocenters. The number of hydrogen-bond donors (Lipinski definition) is 2. The SMILES string of the molecule is Cc1[nH]cnc1CN1CN(C2CCNCC2)c2ccccc21. The van der Waals surface area contributed by atoms with E-state index in [2.05, 4.69) is 56.3 Å². The van der Waals surface area contributed by atoms with E-state index in [-0.39, 0.29) is 0 Å². The summed E-state index contributed by atoms with van der Waals surface area (Å²) in [5.74, 6) is 0. The van der Waals surface area contributed by atoms with Gasteiger partial charge in [0.2, 0.25) is 0 Å². The Bertz CT molecular complexity index is 644. The molecular formula is C17H23N5. The summed E-state index contributed by atoms with van der Waals surface area (Å²) in [4.78, 5) is 12.7. The number of H-pyrrole nitrogens is 1. The minimum Gasteiger partial charge on any atom is -0.349 e. The summed E-state index contributed by atoms with van der Waals surface area (Å²) in [6.45, 7) is 6.18. The normalized spacial score (nSPS) is 18.8. The number of hydrogen-bond acceptors (Lipinski definition) is 4. The van der Waals surface area contributed by atoms with Gasteiger partial charge in [0.05, 0.1) is 36.6 Å². The number of nitrogens with zero attached hydrogens (tertiary/aromatic N) is 3. The zero-order chi connectivity index (χ0) is 14.9. The largest absolute Gasteiger partial charge is 0.349 e. The first kappa shape index (κ1) is 13.6. The van der Waals surface area contributed by atoms with Crippen molar-refractivity contribution in [1.29, 1.82) is 0 Å². The van der Waals surface area contributed by atoms with Crippen LogP contribution in [0.15, 0.2) is 30.6 Å². The van der Waals surface area contributed by atoms with Crippen LogP contribution in [0.5, 0.6) is 0 Å². The number of aromatic amines is 1. The molecule has 0 saturated carbocycles. The number of rotatable bonds is 3. The van der Waals surface area contributed by atoms with Crippen LogP contribution in [-0.2, 0) is 6.54 Å². The highest BCUT2D eigenvalue weighted by Crippen LogP contribution is 2.39. The number of anilines is 2. The van der Waals surface area contributed by atoms with Gasteiger partial charge in [0.1, 0.15) is 0 Å². The zero-order valence-corrected chi connectivity index (χ0v) is 13.0. The molecule has 22 heavy (non-hydrogen) atoms. The fourth-order valence-corrected chi connectivity index (χ4v) is 3.60. The van der Waals surface area contributed by atoms with Crippen molar-refractivity contribution in [3.05, 3.63) is 42.0 Å². The van der Waals surface area contributed by atoms with E-state index < -0.39 is 0 Å². The van der Waals surface area contributed by atoms with Crippen LogP contribution in [0, 0.1) is 6.92 Å². The van der Waals surface area contributed by atoms with Crippen molar-refractivity contribution in [3.8, 4) is 0 Å². The first-order valence-corrected chi connectivity index (χ1v) is 8.13. The third-order valence-corrected chi connectivity index (χ3v) is 4.88. The summed E-state index contributed by atoms with van der Waals surface area (Å²) >= 11 is 0. The van der Waals surface area contributed by atoms with Gasteiger partial charge in [-0.2, -0.15) is 0 Å². The highest BCUT2D eigenvalue weighted by molar-refractivity contribution is 5.76. The Morgan fingerprint density at radius 2 is 1.95 bits per heavy atom. The fraction of sp³-hybridized carbons (Fsp3) is 0.471. The number of nitrogens with one attached hydrogen (secondary N) is 2. The van der Waals surface area contributed by atoms with Crippen molar-refractivity contribution >= 4 is 11.4 Å². The summed E-state index contributed by atoms with van der Waals surface area (Å²) in [6.07, 6.45) is 4.24. The maximum atomic E-state index is 4.46. The third-order valence-electron chi connectivity index (χ3n) is 4.88. The van der Waals surface area contributed by atoms with E-state index in [0.29, 0.717) is 6.04 Å². The summed E-state index contributed by atoms with van der Waals surface area (Å²) in [5, 5.41) is 3.46. The van der Waals surface area contributed by atoms with E-state index in [1.807, 2.05) is 0 Å². The quantitative estimate of drug-likeness (QED) is 0.912. The molecule has 1 aromatic carbocycles. The van der Waals surface area contributed by atoms with Gasteiger partial charge in [-0.25, -0.2) is 4.98 Å². The lowest BCUT2D eigenvalue weighted by Crippen LogP contribution is -2.44. The van der Waals surface area contributed by atoms with E-state index >= 15 is 0 Å². The second-order valence-corrected chi connectivity index (χ2v) is 6.25. The third kappa shape index (κ3) is 2.35. The van der Waals surface area contributed by atoms with Gasteiger partial charge in [-0.05, 0) is 45.0 Å². The number of aromatic nitrogens is 2. The topological polar surface area (TPSA) is 47.2 Å². The smallest absolute Gasteiger partial charge is 0.0925 e. The Morgan fingerprint density at radius 1 is 1.18 bits per heavy atom. The molecule has 1 aromatic heterocycles. The molecule has 0 spiro atoms. The van der Waals surface area contributed by atoms with Crippen LogP contribution in [0.1, 0.15) is 24.2 Å². The lowest BCUT2D eigenvalue weighted by molar-refractivity contribution is 0.433. The second-order valence-electron chi connectivity index (χ2n) is 6.25. The molecule has 2 aliphatic heterocycles. The van der Waals surface area contributed by atoms with Gasteiger partial charge < -0.3 is 20.1 Å². The first-order chi connectivity index (χ1) is 10.8. The van der Waals surface area contributed by atoms with Crippen LogP contribution in [-0.4, -0.2) is 35.8 Å². The van der Waals surface area contributed by atoms with E-state index in [0.717, 1.165) is 37.7 Å². The molecule has 2 aliphatic rings. The highest BCUT2D eigenvalue weighted by Gasteiger charge is 2.31. The Kier molecular flexibility index (Phi) is 3.50. The van der Waals surface area contributed by atoms with E-state index in [9.17, 15) is 0 Å². The van der Waals surface area contributed by atoms with Gasteiger partial charge in [-0.15, -0.1) is 0 Å². The highest BCUT2D eigenvalue weighted by atomic mass is 15.4. The maximum absolute atomic E-state index is 4.46. The average Bonchev–Trinajstić information content (AvgIpc) is 3.13. The average molecular weight is 297 g/mol. The fourth-order valence-electron chi connectivity index (χ4n) is 3.60. The molecule has 0 aliphatic carbocycles. The van der Waals surface area contributed by atoms with Crippen LogP contribution < -0.4 is 15.1 Å². The van der Waals surface area contributed by atoms with Crippen LogP contribution in [0.2, 0.25) is 0 Å². The summed E-state index contributed by atoms with van der Waals surface area (Å²) in [6, 6.07) is 9.42. The molecule has 4 rings (SSSR count). The molecule has 116 valence electrons. The van der Waals surface area contributed by atoms with Gasteiger partial charge in [0.15, 0.2) is 0 Å². The number of benzene rings is 1. The predicted octanol–water partition coefficient (Wildman–Crippen LogP) is 2.25. The number of piperidine rings is 1.